The largest absolute Gasteiger partial charge is 0.346 e. The molecule has 0 aliphatic carbocycles. The van der Waals surface area contributed by atoms with E-state index in [2.05, 4.69) is 26.0 Å². The van der Waals surface area contributed by atoms with Crippen molar-refractivity contribution in [3.63, 3.8) is 0 Å². The summed E-state index contributed by atoms with van der Waals surface area (Å²) in [6.07, 6.45) is 23.5. The van der Waals surface area contributed by atoms with E-state index in [4.69, 9.17) is 0 Å². The van der Waals surface area contributed by atoms with E-state index >= 15 is 0 Å². The van der Waals surface area contributed by atoms with Gasteiger partial charge in [-0.1, -0.05) is 77.4 Å². The molecule has 2 heteroatoms. The van der Waals surface area contributed by atoms with Gasteiger partial charge in [-0.05, 0) is 38.5 Å². The van der Waals surface area contributed by atoms with Gasteiger partial charge in [0.2, 0.25) is 5.91 Å². The van der Waals surface area contributed by atoms with Crippen LogP contribution in [0.1, 0.15) is 110 Å². The summed E-state index contributed by atoms with van der Waals surface area (Å²) >= 11 is 0. The van der Waals surface area contributed by atoms with E-state index in [1.165, 1.54) is 77.0 Å². The van der Waals surface area contributed by atoms with Crippen molar-refractivity contribution in [1.29, 1.82) is 0 Å². The van der Waals surface area contributed by atoms with Crippen molar-refractivity contribution < 1.29 is 4.79 Å². The molecule has 1 amide bonds. The second kappa shape index (κ2) is 18.5. The first-order valence-electron chi connectivity index (χ1n) is 10.6. The molecule has 0 aromatic rings. The van der Waals surface area contributed by atoms with Crippen molar-refractivity contribution in [3.8, 4) is 0 Å². The summed E-state index contributed by atoms with van der Waals surface area (Å²) in [5, 5.41) is 0. The molecule has 0 atom stereocenters. The van der Waals surface area contributed by atoms with E-state index in [0.717, 1.165) is 25.8 Å². The van der Waals surface area contributed by atoms with Crippen molar-refractivity contribution in [1.82, 2.24) is 4.90 Å². The van der Waals surface area contributed by atoms with Gasteiger partial charge in [0.25, 0.3) is 0 Å². The lowest BCUT2D eigenvalue weighted by atomic mass is 10.1. The van der Waals surface area contributed by atoms with Crippen LogP contribution >= 0.6 is 0 Å². The number of hydrogen-bond donors (Lipinski definition) is 0. The van der Waals surface area contributed by atoms with E-state index in [9.17, 15) is 4.79 Å². The molecule has 142 valence electrons. The van der Waals surface area contributed by atoms with Crippen LogP contribution in [0.3, 0.4) is 0 Å². The summed E-state index contributed by atoms with van der Waals surface area (Å²) in [6, 6.07) is 0. The lowest BCUT2D eigenvalue weighted by Crippen LogP contribution is -2.26. The molecule has 0 saturated heterocycles. The van der Waals surface area contributed by atoms with E-state index < -0.39 is 0 Å². The fourth-order valence-electron chi connectivity index (χ4n) is 3.00. The Bertz CT molecular complexity index is 298. The number of carbonyl (C=O) groups is 1. The summed E-state index contributed by atoms with van der Waals surface area (Å²) in [7, 11) is 1.92. The number of allylic oxidation sites excluding steroid dienone is 2. The minimum atomic E-state index is 0.314. The third-order valence-electron chi connectivity index (χ3n) is 4.64. The summed E-state index contributed by atoms with van der Waals surface area (Å²) in [5.41, 5.74) is 0. The Labute approximate surface area is 152 Å². The zero-order valence-electron chi connectivity index (χ0n) is 16.8. The minimum Gasteiger partial charge on any atom is -0.346 e. The van der Waals surface area contributed by atoms with Crippen molar-refractivity contribution >= 4 is 5.91 Å². The molecule has 0 spiro atoms. The quantitative estimate of drug-likeness (QED) is 0.209. The monoisotopic (exact) mass is 337 g/mol. The molecule has 0 bridgehead atoms. The maximum atomic E-state index is 11.8. The fourth-order valence-corrected chi connectivity index (χ4v) is 3.00. The summed E-state index contributed by atoms with van der Waals surface area (Å²) < 4.78 is 0. The van der Waals surface area contributed by atoms with Gasteiger partial charge in [-0.15, -0.1) is 0 Å². The summed E-state index contributed by atoms with van der Waals surface area (Å²) in [5.74, 6) is 0.314. The molecular weight excluding hydrogens is 294 g/mol. The summed E-state index contributed by atoms with van der Waals surface area (Å²) in [4.78, 5) is 13.7. The zero-order valence-corrected chi connectivity index (χ0v) is 16.8. The number of hydrogen-bond acceptors (Lipinski definition) is 1. The van der Waals surface area contributed by atoms with Crippen LogP contribution in [0.4, 0.5) is 0 Å². The molecule has 0 rings (SSSR count). The lowest BCUT2D eigenvalue weighted by Gasteiger charge is -2.15. The normalized spacial score (nSPS) is 11.3. The Morgan fingerprint density at radius 2 is 1.21 bits per heavy atom. The molecule has 0 aliphatic heterocycles. The van der Waals surface area contributed by atoms with Crippen LogP contribution in [0.25, 0.3) is 0 Å². The second-order valence-corrected chi connectivity index (χ2v) is 7.15. The molecule has 0 N–H and O–H groups in total. The third-order valence-corrected chi connectivity index (χ3v) is 4.64. The first-order chi connectivity index (χ1) is 11.7. The summed E-state index contributed by atoms with van der Waals surface area (Å²) in [6.45, 7) is 5.28. The highest BCUT2D eigenvalue weighted by Gasteiger charge is 2.06. The van der Waals surface area contributed by atoms with Crippen molar-refractivity contribution in [2.45, 2.75) is 110 Å². The molecule has 0 fully saturated rings. The van der Waals surface area contributed by atoms with Gasteiger partial charge >= 0.3 is 0 Å². The molecule has 0 aliphatic rings. The Morgan fingerprint density at radius 1 is 0.708 bits per heavy atom. The minimum absolute atomic E-state index is 0.314. The van der Waals surface area contributed by atoms with Gasteiger partial charge < -0.3 is 4.90 Å². The second-order valence-electron chi connectivity index (χ2n) is 7.15. The number of carbonyl (C=O) groups excluding carboxylic acids is 1. The maximum absolute atomic E-state index is 11.8. The zero-order chi connectivity index (χ0) is 17.9. The smallest absolute Gasteiger partial charge is 0.222 e. The van der Waals surface area contributed by atoms with E-state index in [1.54, 1.807) is 0 Å². The van der Waals surface area contributed by atoms with Crippen LogP contribution < -0.4 is 0 Å². The van der Waals surface area contributed by atoms with Crippen LogP contribution in [0.2, 0.25) is 0 Å². The van der Waals surface area contributed by atoms with E-state index in [-0.39, 0.29) is 0 Å². The van der Waals surface area contributed by atoms with Crippen LogP contribution in [-0.4, -0.2) is 24.4 Å². The number of unbranched alkanes of at least 4 members (excludes halogenated alkanes) is 11. The van der Waals surface area contributed by atoms with Crippen molar-refractivity contribution in [3.05, 3.63) is 12.2 Å². The number of nitrogens with zero attached hydrogens (tertiary/aromatic N) is 1. The Balaban J connectivity index is 3.24. The molecule has 0 heterocycles. The Kier molecular flexibility index (Phi) is 17.9. The molecule has 0 saturated carbocycles. The lowest BCUT2D eigenvalue weighted by molar-refractivity contribution is -0.130. The number of amides is 1. The van der Waals surface area contributed by atoms with Gasteiger partial charge in [0, 0.05) is 20.0 Å². The van der Waals surface area contributed by atoms with Gasteiger partial charge in [0.05, 0.1) is 0 Å². The third kappa shape index (κ3) is 16.1. The van der Waals surface area contributed by atoms with E-state index in [1.807, 2.05) is 11.9 Å². The predicted molar refractivity (Wildman–Crippen MR) is 107 cm³/mol. The van der Waals surface area contributed by atoms with Gasteiger partial charge in [0.15, 0.2) is 0 Å². The first kappa shape index (κ1) is 23.2. The van der Waals surface area contributed by atoms with Gasteiger partial charge in [-0.2, -0.15) is 0 Å². The predicted octanol–water partition coefficient (Wildman–Crippen LogP) is 6.89. The van der Waals surface area contributed by atoms with E-state index in [0.29, 0.717) is 5.91 Å². The van der Waals surface area contributed by atoms with Crippen LogP contribution in [-0.2, 0) is 4.79 Å². The van der Waals surface area contributed by atoms with Crippen LogP contribution in [0, 0.1) is 0 Å². The van der Waals surface area contributed by atoms with Gasteiger partial charge in [-0.25, -0.2) is 0 Å². The standard InChI is InChI=1S/C22H43NO/c1-4-6-7-8-9-10-11-12-13-14-15-16-17-18-19-20-22(24)23(3)21-5-2/h12-13H,4-11,14-21H2,1-3H3/b13-12-. The Morgan fingerprint density at radius 3 is 1.75 bits per heavy atom. The topological polar surface area (TPSA) is 20.3 Å². The highest BCUT2D eigenvalue weighted by Crippen LogP contribution is 2.10. The molecule has 0 aromatic carbocycles. The fraction of sp³-hybridized carbons (Fsp3) is 0.864. The first-order valence-corrected chi connectivity index (χ1v) is 10.6. The molecule has 0 aromatic heterocycles. The molecule has 0 radical (unpaired) electrons. The van der Waals surface area contributed by atoms with Gasteiger partial charge in [-0.3, -0.25) is 4.79 Å². The SMILES string of the molecule is CCCCCCCC/C=C\CCCCCCCC(=O)N(C)CCC. The molecule has 24 heavy (non-hydrogen) atoms. The van der Waals surface area contributed by atoms with Crippen LogP contribution in [0.15, 0.2) is 12.2 Å². The van der Waals surface area contributed by atoms with Crippen LogP contribution in [0.5, 0.6) is 0 Å². The highest BCUT2D eigenvalue weighted by molar-refractivity contribution is 5.75. The average molecular weight is 338 g/mol. The molecular formula is C22H43NO. The maximum Gasteiger partial charge on any atom is 0.222 e. The molecule has 2 nitrogen and oxygen atoms in total. The van der Waals surface area contributed by atoms with Crippen molar-refractivity contribution in [2.24, 2.45) is 0 Å². The highest BCUT2D eigenvalue weighted by atomic mass is 16.2. The Hall–Kier alpha value is -0.790. The average Bonchev–Trinajstić information content (AvgIpc) is 2.58. The molecule has 0 unspecified atom stereocenters. The number of rotatable bonds is 17. The van der Waals surface area contributed by atoms with Crippen molar-refractivity contribution in [2.75, 3.05) is 13.6 Å². The van der Waals surface area contributed by atoms with Gasteiger partial charge in [0.1, 0.15) is 0 Å².